The van der Waals surface area contributed by atoms with Crippen molar-refractivity contribution in [3.8, 4) is 0 Å². The zero-order valence-electron chi connectivity index (χ0n) is 7.64. The SMILES string of the molecule is CC(C)NC(=O)/C=C/n1cncn1. The first-order valence-electron chi connectivity index (χ1n) is 4.01. The molecule has 70 valence electrons. The van der Waals surface area contributed by atoms with Gasteiger partial charge < -0.3 is 5.32 Å². The van der Waals surface area contributed by atoms with Crippen LogP contribution in [0.1, 0.15) is 13.8 Å². The van der Waals surface area contributed by atoms with E-state index in [2.05, 4.69) is 15.4 Å². The van der Waals surface area contributed by atoms with Crippen LogP contribution in [0.5, 0.6) is 0 Å². The van der Waals surface area contributed by atoms with E-state index in [4.69, 9.17) is 0 Å². The second kappa shape index (κ2) is 4.39. The van der Waals surface area contributed by atoms with E-state index in [0.717, 1.165) is 0 Å². The Kier molecular flexibility index (Phi) is 3.19. The van der Waals surface area contributed by atoms with Crippen LogP contribution in [0.25, 0.3) is 6.20 Å². The van der Waals surface area contributed by atoms with Crippen molar-refractivity contribution in [2.24, 2.45) is 0 Å². The first kappa shape index (κ1) is 9.44. The number of hydrogen-bond acceptors (Lipinski definition) is 3. The van der Waals surface area contributed by atoms with Crippen molar-refractivity contribution < 1.29 is 4.79 Å². The molecule has 0 aliphatic rings. The van der Waals surface area contributed by atoms with Crippen LogP contribution >= 0.6 is 0 Å². The Morgan fingerprint density at radius 2 is 2.38 bits per heavy atom. The van der Waals surface area contributed by atoms with Gasteiger partial charge in [0.1, 0.15) is 12.7 Å². The fraction of sp³-hybridized carbons (Fsp3) is 0.375. The molecule has 0 radical (unpaired) electrons. The minimum absolute atomic E-state index is 0.134. The van der Waals surface area contributed by atoms with Gasteiger partial charge in [0.05, 0.1) is 0 Å². The summed E-state index contributed by atoms with van der Waals surface area (Å²) in [5.41, 5.74) is 0. The number of carbonyl (C=O) groups is 1. The molecule has 1 aromatic heterocycles. The lowest BCUT2D eigenvalue weighted by Gasteiger charge is -2.03. The van der Waals surface area contributed by atoms with E-state index in [0.29, 0.717) is 0 Å². The van der Waals surface area contributed by atoms with E-state index in [1.807, 2.05) is 13.8 Å². The summed E-state index contributed by atoms with van der Waals surface area (Å²) < 4.78 is 1.46. The Morgan fingerprint density at radius 3 is 2.92 bits per heavy atom. The van der Waals surface area contributed by atoms with Gasteiger partial charge in [0.2, 0.25) is 5.91 Å². The molecule has 1 aromatic rings. The van der Waals surface area contributed by atoms with Gasteiger partial charge >= 0.3 is 0 Å². The summed E-state index contributed by atoms with van der Waals surface area (Å²) in [6, 6.07) is 0.146. The van der Waals surface area contributed by atoms with Crippen molar-refractivity contribution >= 4 is 12.1 Å². The third-order valence-corrected chi connectivity index (χ3v) is 1.25. The van der Waals surface area contributed by atoms with Crippen LogP contribution in [0.15, 0.2) is 18.7 Å². The molecule has 1 amide bonds. The highest BCUT2D eigenvalue weighted by molar-refractivity contribution is 5.90. The van der Waals surface area contributed by atoms with E-state index >= 15 is 0 Å². The van der Waals surface area contributed by atoms with Gasteiger partial charge in [-0.15, -0.1) is 0 Å². The highest BCUT2D eigenvalue weighted by Crippen LogP contribution is 1.83. The Hall–Kier alpha value is -1.65. The number of aromatic nitrogens is 3. The Balaban J connectivity index is 2.44. The summed E-state index contributed by atoms with van der Waals surface area (Å²) in [6.07, 6.45) is 5.88. The van der Waals surface area contributed by atoms with Crippen LogP contribution in [0, 0.1) is 0 Å². The van der Waals surface area contributed by atoms with E-state index in [1.54, 1.807) is 6.20 Å². The first-order chi connectivity index (χ1) is 6.18. The molecule has 0 aliphatic heterocycles. The monoisotopic (exact) mass is 180 g/mol. The number of hydrogen-bond donors (Lipinski definition) is 1. The lowest BCUT2D eigenvalue weighted by atomic mass is 10.4. The lowest BCUT2D eigenvalue weighted by molar-refractivity contribution is -0.116. The summed E-state index contributed by atoms with van der Waals surface area (Å²) in [7, 11) is 0. The predicted octanol–water partition coefficient (Wildman–Crippen LogP) is 0.273. The van der Waals surface area contributed by atoms with Crippen LogP contribution < -0.4 is 5.32 Å². The van der Waals surface area contributed by atoms with E-state index in [1.165, 1.54) is 23.4 Å². The number of rotatable bonds is 3. The van der Waals surface area contributed by atoms with Crippen LogP contribution in [0.4, 0.5) is 0 Å². The number of amides is 1. The molecule has 0 spiro atoms. The van der Waals surface area contributed by atoms with Crippen molar-refractivity contribution in [3.05, 3.63) is 18.7 Å². The van der Waals surface area contributed by atoms with Crippen LogP contribution in [0.3, 0.4) is 0 Å². The van der Waals surface area contributed by atoms with Gasteiger partial charge in [-0.2, -0.15) is 5.10 Å². The first-order valence-corrected chi connectivity index (χ1v) is 4.01. The molecule has 1 N–H and O–H groups in total. The second-order valence-electron chi connectivity index (χ2n) is 2.85. The summed E-state index contributed by atoms with van der Waals surface area (Å²) >= 11 is 0. The van der Waals surface area contributed by atoms with Crippen LogP contribution in [0.2, 0.25) is 0 Å². The molecule has 0 saturated carbocycles. The molecular weight excluding hydrogens is 168 g/mol. The van der Waals surface area contributed by atoms with Gasteiger partial charge in [-0.05, 0) is 13.8 Å². The Labute approximate surface area is 76.5 Å². The van der Waals surface area contributed by atoms with Crippen molar-refractivity contribution in [3.63, 3.8) is 0 Å². The van der Waals surface area contributed by atoms with E-state index in [-0.39, 0.29) is 11.9 Å². The molecule has 0 aliphatic carbocycles. The highest BCUT2D eigenvalue weighted by Gasteiger charge is 1.96. The van der Waals surface area contributed by atoms with Crippen molar-refractivity contribution in [2.45, 2.75) is 19.9 Å². The van der Waals surface area contributed by atoms with E-state index in [9.17, 15) is 4.79 Å². The zero-order valence-corrected chi connectivity index (χ0v) is 7.64. The minimum Gasteiger partial charge on any atom is -0.350 e. The van der Waals surface area contributed by atoms with Gasteiger partial charge in [0.25, 0.3) is 0 Å². The predicted molar refractivity (Wildman–Crippen MR) is 48.6 cm³/mol. The summed E-state index contributed by atoms with van der Waals surface area (Å²) in [5, 5.41) is 6.52. The molecule has 5 nitrogen and oxygen atoms in total. The molecule has 5 heteroatoms. The molecule has 0 atom stereocenters. The zero-order chi connectivity index (χ0) is 9.68. The number of nitrogens with zero attached hydrogens (tertiary/aromatic N) is 3. The summed E-state index contributed by atoms with van der Waals surface area (Å²) in [6.45, 7) is 3.81. The van der Waals surface area contributed by atoms with Crippen molar-refractivity contribution in [1.29, 1.82) is 0 Å². The molecule has 13 heavy (non-hydrogen) atoms. The fourth-order valence-corrected chi connectivity index (χ4v) is 0.771. The standard InChI is InChI=1S/C8H12N4O/c1-7(2)11-8(13)3-4-12-6-9-5-10-12/h3-7H,1-2H3,(H,11,13)/b4-3+. The second-order valence-corrected chi connectivity index (χ2v) is 2.85. The normalized spacial score (nSPS) is 11.0. The van der Waals surface area contributed by atoms with Crippen LogP contribution in [-0.2, 0) is 4.79 Å². The van der Waals surface area contributed by atoms with Crippen molar-refractivity contribution in [2.75, 3.05) is 0 Å². The maximum atomic E-state index is 11.1. The van der Waals surface area contributed by atoms with Gasteiger partial charge in [-0.3, -0.25) is 4.79 Å². The molecular formula is C8H12N4O. The number of carbonyl (C=O) groups excluding carboxylic acids is 1. The quantitative estimate of drug-likeness (QED) is 0.679. The largest absolute Gasteiger partial charge is 0.350 e. The van der Waals surface area contributed by atoms with Gasteiger partial charge in [-0.25, -0.2) is 9.67 Å². The maximum Gasteiger partial charge on any atom is 0.245 e. The molecule has 1 rings (SSSR count). The molecule has 0 unspecified atom stereocenters. The average molecular weight is 180 g/mol. The molecule has 0 bridgehead atoms. The van der Waals surface area contributed by atoms with Crippen molar-refractivity contribution in [1.82, 2.24) is 20.1 Å². The van der Waals surface area contributed by atoms with Gasteiger partial charge in [-0.1, -0.05) is 0 Å². The van der Waals surface area contributed by atoms with E-state index < -0.39 is 0 Å². The highest BCUT2D eigenvalue weighted by atomic mass is 16.1. The molecule has 0 aromatic carbocycles. The molecule has 0 fully saturated rings. The topological polar surface area (TPSA) is 59.8 Å². The lowest BCUT2D eigenvalue weighted by Crippen LogP contribution is -2.28. The van der Waals surface area contributed by atoms with Gasteiger partial charge in [0.15, 0.2) is 0 Å². The summed E-state index contributed by atoms with van der Waals surface area (Å²) in [5.74, 6) is -0.134. The average Bonchev–Trinajstić information content (AvgIpc) is 2.51. The molecule has 1 heterocycles. The summed E-state index contributed by atoms with van der Waals surface area (Å²) in [4.78, 5) is 14.8. The Bertz CT molecular complexity index is 289. The third kappa shape index (κ3) is 3.50. The third-order valence-electron chi connectivity index (χ3n) is 1.25. The number of nitrogens with one attached hydrogen (secondary N) is 1. The minimum atomic E-state index is -0.134. The smallest absolute Gasteiger partial charge is 0.245 e. The van der Waals surface area contributed by atoms with Gasteiger partial charge in [0, 0.05) is 18.3 Å². The molecule has 0 saturated heterocycles. The van der Waals surface area contributed by atoms with Crippen LogP contribution in [-0.4, -0.2) is 26.7 Å². The Morgan fingerprint density at radius 1 is 1.62 bits per heavy atom. The fourth-order valence-electron chi connectivity index (χ4n) is 0.771. The maximum absolute atomic E-state index is 11.1.